The fourth-order valence-electron chi connectivity index (χ4n) is 2.41. The minimum atomic E-state index is -0.681. The van der Waals surface area contributed by atoms with Gasteiger partial charge in [-0.25, -0.2) is 0 Å². The van der Waals surface area contributed by atoms with Crippen molar-refractivity contribution in [3.63, 3.8) is 0 Å². The molecule has 0 aromatic heterocycles. The first-order chi connectivity index (χ1) is 7.72. The molecule has 0 radical (unpaired) electrons. The molecular weight excluding hydrogens is 204 g/mol. The molecule has 0 bridgehead atoms. The van der Waals surface area contributed by atoms with Gasteiger partial charge in [-0.15, -0.1) is 0 Å². The average Bonchev–Trinajstić information content (AvgIpc) is 3.09. The van der Waals surface area contributed by atoms with Crippen molar-refractivity contribution in [3.05, 3.63) is 34.9 Å². The fourth-order valence-corrected chi connectivity index (χ4v) is 2.41. The maximum atomic E-state index is 11.2. The number of carbonyl (C=O) groups is 1. The van der Waals surface area contributed by atoms with Crippen molar-refractivity contribution < 1.29 is 14.6 Å². The Bertz CT molecular complexity index is 446. The van der Waals surface area contributed by atoms with Gasteiger partial charge in [0.15, 0.2) is 0 Å². The highest BCUT2D eigenvalue weighted by molar-refractivity contribution is 5.85. The first kappa shape index (κ1) is 9.85. The van der Waals surface area contributed by atoms with Gasteiger partial charge in [-0.05, 0) is 36.0 Å². The van der Waals surface area contributed by atoms with E-state index >= 15 is 0 Å². The maximum absolute atomic E-state index is 11.2. The number of hydrogen-bond donors (Lipinski definition) is 1. The minimum absolute atomic E-state index is 0.576. The molecule has 1 N–H and O–H groups in total. The van der Waals surface area contributed by atoms with E-state index in [1.54, 1.807) is 0 Å². The Labute approximate surface area is 94.0 Å². The monoisotopic (exact) mass is 218 g/mol. The number of benzene rings is 1. The van der Waals surface area contributed by atoms with Crippen LogP contribution in [0.4, 0.5) is 0 Å². The number of aliphatic carboxylic acids is 1. The summed E-state index contributed by atoms with van der Waals surface area (Å²) in [6.07, 6.45) is 2.45. The molecule has 0 atom stereocenters. The molecule has 1 fully saturated rings. The van der Waals surface area contributed by atoms with Gasteiger partial charge in [-0.2, -0.15) is 0 Å². The molecule has 1 saturated carbocycles. The summed E-state index contributed by atoms with van der Waals surface area (Å²) in [5, 5.41) is 9.24. The van der Waals surface area contributed by atoms with Crippen molar-refractivity contribution in [1.82, 2.24) is 0 Å². The van der Waals surface area contributed by atoms with Gasteiger partial charge in [-0.3, -0.25) is 4.79 Å². The summed E-state index contributed by atoms with van der Waals surface area (Å²) in [6.45, 7) is 1.41. The molecule has 1 aliphatic carbocycles. The van der Waals surface area contributed by atoms with Crippen LogP contribution in [0.25, 0.3) is 0 Å². The Balaban J connectivity index is 2.00. The normalized spacial score (nSPS) is 21.2. The Morgan fingerprint density at radius 2 is 2.12 bits per heavy atom. The van der Waals surface area contributed by atoms with Crippen molar-refractivity contribution in [2.24, 2.45) is 0 Å². The van der Waals surface area contributed by atoms with Crippen molar-refractivity contribution in [1.29, 1.82) is 0 Å². The third-order valence-electron chi connectivity index (χ3n) is 3.69. The van der Waals surface area contributed by atoms with Crippen LogP contribution in [0.3, 0.4) is 0 Å². The SMILES string of the molecule is O=C(O)C1(c2ccc3c(c2)CCOC3)CC1. The summed E-state index contributed by atoms with van der Waals surface area (Å²) < 4.78 is 5.37. The lowest BCUT2D eigenvalue weighted by Gasteiger charge is -2.19. The van der Waals surface area contributed by atoms with Crippen LogP contribution >= 0.6 is 0 Å². The molecule has 16 heavy (non-hydrogen) atoms. The number of carboxylic acids is 1. The Hall–Kier alpha value is -1.35. The first-order valence-electron chi connectivity index (χ1n) is 5.66. The van der Waals surface area contributed by atoms with Crippen LogP contribution in [0, 0.1) is 0 Å². The van der Waals surface area contributed by atoms with E-state index in [1.807, 2.05) is 12.1 Å². The molecule has 3 rings (SSSR count). The summed E-state index contributed by atoms with van der Waals surface area (Å²) in [5.74, 6) is -0.681. The van der Waals surface area contributed by atoms with Gasteiger partial charge in [0.05, 0.1) is 18.6 Å². The highest BCUT2D eigenvalue weighted by Crippen LogP contribution is 2.48. The van der Waals surface area contributed by atoms with Gasteiger partial charge >= 0.3 is 5.97 Å². The second kappa shape index (κ2) is 3.32. The van der Waals surface area contributed by atoms with E-state index in [9.17, 15) is 9.90 Å². The van der Waals surface area contributed by atoms with Crippen LogP contribution in [-0.4, -0.2) is 17.7 Å². The summed E-state index contributed by atoms with van der Waals surface area (Å²) in [5.41, 5.74) is 2.86. The van der Waals surface area contributed by atoms with E-state index in [4.69, 9.17) is 4.74 Å². The van der Waals surface area contributed by atoms with E-state index in [2.05, 4.69) is 6.07 Å². The van der Waals surface area contributed by atoms with Crippen molar-refractivity contribution in [3.8, 4) is 0 Å². The Morgan fingerprint density at radius 1 is 1.31 bits per heavy atom. The van der Waals surface area contributed by atoms with Gasteiger partial charge < -0.3 is 9.84 Å². The predicted molar refractivity (Wildman–Crippen MR) is 58.3 cm³/mol. The third-order valence-corrected chi connectivity index (χ3v) is 3.69. The second-order valence-corrected chi connectivity index (χ2v) is 4.67. The summed E-state index contributed by atoms with van der Waals surface area (Å²) in [7, 11) is 0. The van der Waals surface area contributed by atoms with E-state index in [0.717, 1.165) is 31.4 Å². The lowest BCUT2D eigenvalue weighted by atomic mass is 9.91. The molecular formula is C13H14O3. The summed E-state index contributed by atoms with van der Waals surface area (Å²) >= 11 is 0. The summed E-state index contributed by atoms with van der Waals surface area (Å²) in [6, 6.07) is 6.04. The number of ether oxygens (including phenoxy) is 1. The quantitative estimate of drug-likeness (QED) is 0.824. The second-order valence-electron chi connectivity index (χ2n) is 4.67. The Morgan fingerprint density at radius 3 is 2.81 bits per heavy atom. The Kier molecular flexibility index (Phi) is 2.04. The average molecular weight is 218 g/mol. The van der Waals surface area contributed by atoms with Crippen LogP contribution < -0.4 is 0 Å². The summed E-state index contributed by atoms with van der Waals surface area (Å²) in [4.78, 5) is 11.2. The van der Waals surface area contributed by atoms with Crippen LogP contribution in [0.15, 0.2) is 18.2 Å². The van der Waals surface area contributed by atoms with Gasteiger partial charge in [0.25, 0.3) is 0 Å². The van der Waals surface area contributed by atoms with Crippen LogP contribution in [0.5, 0.6) is 0 Å². The number of hydrogen-bond acceptors (Lipinski definition) is 2. The van der Waals surface area contributed by atoms with Crippen molar-refractivity contribution in [2.75, 3.05) is 6.61 Å². The van der Waals surface area contributed by atoms with E-state index in [-0.39, 0.29) is 0 Å². The highest BCUT2D eigenvalue weighted by atomic mass is 16.5. The molecule has 1 aromatic rings. The molecule has 1 aliphatic heterocycles. The lowest BCUT2D eigenvalue weighted by Crippen LogP contribution is -2.20. The molecule has 0 spiro atoms. The molecule has 0 amide bonds. The maximum Gasteiger partial charge on any atom is 0.314 e. The third kappa shape index (κ3) is 1.35. The number of rotatable bonds is 2. The minimum Gasteiger partial charge on any atom is -0.481 e. The van der Waals surface area contributed by atoms with Crippen molar-refractivity contribution in [2.45, 2.75) is 31.3 Å². The lowest BCUT2D eigenvalue weighted by molar-refractivity contribution is -0.140. The van der Waals surface area contributed by atoms with Gasteiger partial charge in [-0.1, -0.05) is 18.2 Å². The molecule has 1 aromatic carbocycles. The number of fused-ring (bicyclic) bond motifs is 1. The van der Waals surface area contributed by atoms with Gasteiger partial charge in [0.2, 0.25) is 0 Å². The zero-order valence-corrected chi connectivity index (χ0v) is 9.03. The van der Waals surface area contributed by atoms with Gasteiger partial charge in [0, 0.05) is 0 Å². The topological polar surface area (TPSA) is 46.5 Å². The molecule has 84 valence electrons. The zero-order valence-electron chi connectivity index (χ0n) is 9.03. The van der Waals surface area contributed by atoms with Crippen molar-refractivity contribution >= 4 is 5.97 Å². The molecule has 3 nitrogen and oxygen atoms in total. The standard InChI is InChI=1S/C13H14O3/c14-12(15)13(4-5-13)11-2-1-10-8-16-6-3-9(10)7-11/h1-2,7H,3-6,8H2,(H,14,15). The largest absolute Gasteiger partial charge is 0.481 e. The van der Waals surface area contributed by atoms with E-state index in [1.165, 1.54) is 11.1 Å². The van der Waals surface area contributed by atoms with Crippen LogP contribution in [0.1, 0.15) is 29.5 Å². The van der Waals surface area contributed by atoms with Crippen LogP contribution in [0.2, 0.25) is 0 Å². The first-order valence-corrected chi connectivity index (χ1v) is 5.66. The van der Waals surface area contributed by atoms with E-state index in [0.29, 0.717) is 6.61 Å². The highest BCUT2D eigenvalue weighted by Gasteiger charge is 2.51. The van der Waals surface area contributed by atoms with E-state index < -0.39 is 11.4 Å². The molecule has 0 saturated heterocycles. The fraction of sp³-hybridized carbons (Fsp3) is 0.462. The molecule has 2 aliphatic rings. The molecule has 0 unspecified atom stereocenters. The van der Waals surface area contributed by atoms with Gasteiger partial charge in [0.1, 0.15) is 0 Å². The number of carboxylic acid groups (broad SMARTS) is 1. The molecule has 3 heteroatoms. The zero-order chi connectivity index (χ0) is 11.2. The molecule has 1 heterocycles. The van der Waals surface area contributed by atoms with Crippen LogP contribution in [-0.2, 0) is 28.0 Å². The smallest absolute Gasteiger partial charge is 0.314 e. The predicted octanol–water partition coefficient (Wildman–Crippen LogP) is 1.88.